The van der Waals surface area contributed by atoms with Crippen molar-refractivity contribution in [1.82, 2.24) is 10.2 Å². The molecule has 2 aromatic rings. The highest BCUT2D eigenvalue weighted by atomic mass is 32.2. The van der Waals surface area contributed by atoms with Crippen LogP contribution < -0.4 is 5.32 Å². The Morgan fingerprint density at radius 2 is 2.06 bits per heavy atom. The lowest BCUT2D eigenvalue weighted by molar-refractivity contribution is 0.252. The Bertz CT molecular complexity index is 535. The minimum Gasteiger partial charge on any atom is -0.330 e. The first kappa shape index (κ1) is 12.5. The zero-order valence-corrected chi connectivity index (χ0v) is 10.8. The third-order valence-electron chi connectivity index (χ3n) is 1.77. The standard InChI is InChI=1S/C9H7F2N3S3/c10-7(11)16-6-3-1-5(2-4-6)12-8-13-14-9(15)17-8/h1-4,7H,(H,12,13)(H,14,15). The van der Waals surface area contributed by atoms with Crippen LogP contribution in [-0.4, -0.2) is 16.0 Å². The van der Waals surface area contributed by atoms with E-state index in [2.05, 4.69) is 15.5 Å². The molecule has 8 heteroatoms. The number of hydrogen-bond donors (Lipinski definition) is 2. The molecule has 17 heavy (non-hydrogen) atoms. The molecule has 2 N–H and O–H groups in total. The second-order valence-electron chi connectivity index (χ2n) is 2.95. The predicted molar refractivity (Wildman–Crippen MR) is 68.9 cm³/mol. The van der Waals surface area contributed by atoms with Crippen molar-refractivity contribution in [3.8, 4) is 0 Å². The van der Waals surface area contributed by atoms with Gasteiger partial charge in [-0.15, -0.1) is 5.10 Å². The van der Waals surface area contributed by atoms with E-state index in [0.29, 0.717) is 25.7 Å². The van der Waals surface area contributed by atoms with E-state index < -0.39 is 5.76 Å². The highest BCUT2D eigenvalue weighted by molar-refractivity contribution is 7.99. The van der Waals surface area contributed by atoms with Gasteiger partial charge in [-0.25, -0.2) is 0 Å². The average Bonchev–Trinajstić information content (AvgIpc) is 2.66. The van der Waals surface area contributed by atoms with Crippen molar-refractivity contribution >= 4 is 46.1 Å². The molecule has 90 valence electrons. The van der Waals surface area contributed by atoms with Crippen LogP contribution in [0.5, 0.6) is 0 Å². The minimum absolute atomic E-state index is 0.521. The fourth-order valence-electron chi connectivity index (χ4n) is 1.13. The van der Waals surface area contributed by atoms with E-state index in [1.807, 2.05) is 0 Å². The van der Waals surface area contributed by atoms with Gasteiger partial charge in [-0.3, -0.25) is 5.10 Å². The molecule has 0 fully saturated rings. The Kier molecular flexibility index (Phi) is 4.08. The van der Waals surface area contributed by atoms with Gasteiger partial charge in [0.25, 0.3) is 5.76 Å². The van der Waals surface area contributed by atoms with E-state index in [1.54, 1.807) is 24.3 Å². The van der Waals surface area contributed by atoms with Crippen LogP contribution in [0.4, 0.5) is 19.6 Å². The van der Waals surface area contributed by atoms with Crippen molar-refractivity contribution in [2.45, 2.75) is 10.7 Å². The lowest BCUT2D eigenvalue weighted by Gasteiger charge is -2.03. The van der Waals surface area contributed by atoms with Crippen molar-refractivity contribution < 1.29 is 8.78 Å². The summed E-state index contributed by atoms with van der Waals surface area (Å²) in [6.45, 7) is 0. The number of H-pyrrole nitrogens is 1. The molecule has 0 aliphatic heterocycles. The molecule has 0 amide bonds. The zero-order chi connectivity index (χ0) is 12.3. The average molecular weight is 291 g/mol. The molecular formula is C9H7F2N3S3. The molecular weight excluding hydrogens is 284 g/mol. The first-order chi connectivity index (χ1) is 8.13. The lowest BCUT2D eigenvalue weighted by atomic mass is 10.3. The van der Waals surface area contributed by atoms with E-state index in [1.165, 1.54) is 11.3 Å². The van der Waals surface area contributed by atoms with E-state index in [-0.39, 0.29) is 0 Å². The summed E-state index contributed by atoms with van der Waals surface area (Å²) in [5, 5.41) is 10.2. The molecule has 0 atom stereocenters. The van der Waals surface area contributed by atoms with Crippen LogP contribution in [0.2, 0.25) is 0 Å². The van der Waals surface area contributed by atoms with Gasteiger partial charge >= 0.3 is 0 Å². The number of rotatable bonds is 4. The first-order valence-corrected chi connectivity index (χ1v) is 6.61. The maximum Gasteiger partial charge on any atom is 0.288 e. The molecule has 2 rings (SSSR count). The Morgan fingerprint density at radius 3 is 2.59 bits per heavy atom. The first-order valence-electron chi connectivity index (χ1n) is 4.51. The van der Waals surface area contributed by atoms with Gasteiger partial charge < -0.3 is 5.32 Å². The largest absolute Gasteiger partial charge is 0.330 e. The SMILES string of the molecule is FC(F)Sc1ccc(Nc2n[nH]c(=S)s2)cc1. The number of halogens is 2. The molecule has 1 aromatic heterocycles. The number of thioether (sulfide) groups is 1. The summed E-state index contributed by atoms with van der Waals surface area (Å²) in [5.74, 6) is -2.40. The van der Waals surface area contributed by atoms with Crippen LogP contribution in [0.1, 0.15) is 0 Å². The summed E-state index contributed by atoms with van der Waals surface area (Å²) >= 11 is 6.72. The molecule has 0 radical (unpaired) electrons. The molecule has 0 aliphatic carbocycles. The Hall–Kier alpha value is -0.990. The summed E-state index contributed by atoms with van der Waals surface area (Å²) in [6, 6.07) is 6.69. The molecule has 0 spiro atoms. The number of hydrogen-bond acceptors (Lipinski definition) is 5. The lowest BCUT2D eigenvalue weighted by Crippen LogP contribution is -1.89. The highest BCUT2D eigenvalue weighted by Crippen LogP contribution is 2.27. The van der Waals surface area contributed by atoms with Gasteiger partial charge in [0.1, 0.15) is 0 Å². The number of nitrogens with zero attached hydrogens (tertiary/aromatic N) is 1. The normalized spacial score (nSPS) is 10.8. The van der Waals surface area contributed by atoms with Gasteiger partial charge in [0, 0.05) is 10.6 Å². The van der Waals surface area contributed by atoms with Gasteiger partial charge in [0.2, 0.25) is 5.13 Å². The molecule has 1 aromatic carbocycles. The van der Waals surface area contributed by atoms with Crippen molar-refractivity contribution in [3.63, 3.8) is 0 Å². The van der Waals surface area contributed by atoms with E-state index in [0.717, 1.165) is 5.69 Å². The quantitative estimate of drug-likeness (QED) is 0.652. The molecule has 0 unspecified atom stereocenters. The van der Waals surface area contributed by atoms with Gasteiger partial charge in [-0.2, -0.15) is 8.78 Å². The highest BCUT2D eigenvalue weighted by Gasteiger charge is 2.05. The minimum atomic E-state index is -2.40. The van der Waals surface area contributed by atoms with Crippen LogP contribution >= 0.6 is 35.3 Å². The number of anilines is 2. The van der Waals surface area contributed by atoms with Crippen molar-refractivity contribution in [2.75, 3.05) is 5.32 Å². The number of aromatic amines is 1. The number of nitrogens with one attached hydrogen (secondary N) is 2. The molecule has 0 saturated carbocycles. The van der Waals surface area contributed by atoms with Gasteiger partial charge in [0.05, 0.1) is 0 Å². The molecule has 0 aliphatic rings. The van der Waals surface area contributed by atoms with Gasteiger partial charge in [-0.1, -0.05) is 23.1 Å². The number of aromatic nitrogens is 2. The second kappa shape index (κ2) is 5.56. The second-order valence-corrected chi connectivity index (χ2v) is 5.68. The summed E-state index contributed by atoms with van der Waals surface area (Å²) in [6.07, 6.45) is 0. The Morgan fingerprint density at radius 1 is 1.35 bits per heavy atom. The zero-order valence-electron chi connectivity index (χ0n) is 8.31. The number of benzene rings is 1. The summed E-state index contributed by atoms with van der Waals surface area (Å²) in [4.78, 5) is 0.528. The van der Waals surface area contributed by atoms with Crippen LogP contribution in [0, 0.1) is 3.95 Å². The fraction of sp³-hybridized carbons (Fsp3) is 0.111. The monoisotopic (exact) mass is 291 g/mol. The van der Waals surface area contributed by atoms with Gasteiger partial charge in [0.15, 0.2) is 3.95 Å². The topological polar surface area (TPSA) is 40.7 Å². The Balaban J connectivity index is 2.05. The van der Waals surface area contributed by atoms with Crippen molar-refractivity contribution in [3.05, 3.63) is 28.2 Å². The van der Waals surface area contributed by atoms with Crippen molar-refractivity contribution in [1.29, 1.82) is 0 Å². The molecule has 0 saturated heterocycles. The van der Waals surface area contributed by atoms with Crippen LogP contribution in [0.15, 0.2) is 29.2 Å². The van der Waals surface area contributed by atoms with Crippen molar-refractivity contribution in [2.24, 2.45) is 0 Å². The Labute approximate surface area is 109 Å². The summed E-state index contributed by atoms with van der Waals surface area (Å²) in [5.41, 5.74) is 0.779. The third kappa shape index (κ3) is 3.76. The maximum atomic E-state index is 12.1. The predicted octanol–water partition coefficient (Wildman–Crippen LogP) is 4.26. The molecule has 3 nitrogen and oxygen atoms in total. The van der Waals surface area contributed by atoms with E-state index >= 15 is 0 Å². The van der Waals surface area contributed by atoms with E-state index in [9.17, 15) is 8.78 Å². The van der Waals surface area contributed by atoms with Crippen LogP contribution in [-0.2, 0) is 0 Å². The molecule has 1 heterocycles. The fourth-order valence-corrected chi connectivity index (χ4v) is 2.43. The van der Waals surface area contributed by atoms with E-state index in [4.69, 9.17) is 12.2 Å². The smallest absolute Gasteiger partial charge is 0.288 e. The summed E-state index contributed by atoms with van der Waals surface area (Å²) < 4.78 is 24.8. The van der Waals surface area contributed by atoms with Gasteiger partial charge in [-0.05, 0) is 36.5 Å². The molecule has 0 bridgehead atoms. The van der Waals surface area contributed by atoms with Crippen LogP contribution in [0.25, 0.3) is 0 Å². The number of alkyl halides is 2. The third-order valence-corrected chi connectivity index (χ3v) is 3.50. The summed E-state index contributed by atoms with van der Waals surface area (Å²) in [7, 11) is 0. The van der Waals surface area contributed by atoms with Crippen LogP contribution in [0.3, 0.4) is 0 Å². The maximum absolute atomic E-state index is 12.1.